The molecule has 0 bridgehead atoms. The van der Waals surface area contributed by atoms with Gasteiger partial charge in [-0.05, 0) is 52.3 Å². The number of hydrogen-bond acceptors (Lipinski definition) is 3. The van der Waals surface area contributed by atoms with Crippen molar-refractivity contribution in [1.29, 1.82) is 0 Å². The number of benzene rings is 2. The van der Waals surface area contributed by atoms with Gasteiger partial charge in [0.05, 0.1) is 11.4 Å². The van der Waals surface area contributed by atoms with Crippen LogP contribution in [0, 0.1) is 0 Å². The van der Waals surface area contributed by atoms with E-state index < -0.39 is 0 Å². The summed E-state index contributed by atoms with van der Waals surface area (Å²) >= 11 is 1.35. The molecule has 4 rings (SSSR count). The SMILES string of the molecule is O=C(CNC(=O)c1cccs1)Nc1ccc2c(c1)-c1ccccc1C2. The summed E-state index contributed by atoms with van der Waals surface area (Å²) in [5, 5.41) is 7.32. The predicted molar refractivity (Wildman–Crippen MR) is 100.0 cm³/mol. The van der Waals surface area contributed by atoms with Crippen molar-refractivity contribution in [3.63, 3.8) is 0 Å². The lowest BCUT2D eigenvalue weighted by Gasteiger charge is -2.08. The van der Waals surface area contributed by atoms with Gasteiger partial charge < -0.3 is 10.6 Å². The van der Waals surface area contributed by atoms with Crippen LogP contribution in [0.25, 0.3) is 11.1 Å². The number of hydrogen-bond donors (Lipinski definition) is 2. The molecule has 124 valence electrons. The Kier molecular flexibility index (Phi) is 4.07. The minimum absolute atomic E-state index is 0.0512. The van der Waals surface area contributed by atoms with Gasteiger partial charge in [-0.3, -0.25) is 9.59 Å². The standard InChI is InChI=1S/C20H16N2O2S/c23-19(12-21-20(24)18-6-3-9-25-18)22-15-8-7-14-10-13-4-1-2-5-16(13)17(14)11-15/h1-9,11H,10,12H2,(H,21,24)(H,22,23). The molecule has 1 aliphatic carbocycles. The maximum atomic E-state index is 12.1. The minimum atomic E-state index is -0.240. The zero-order valence-electron chi connectivity index (χ0n) is 13.4. The van der Waals surface area contributed by atoms with Gasteiger partial charge in [-0.1, -0.05) is 36.4 Å². The zero-order valence-corrected chi connectivity index (χ0v) is 14.2. The second-order valence-corrected chi connectivity index (χ2v) is 6.86. The number of carbonyl (C=O) groups is 2. The van der Waals surface area contributed by atoms with Crippen molar-refractivity contribution in [2.45, 2.75) is 6.42 Å². The highest BCUT2D eigenvalue weighted by Crippen LogP contribution is 2.37. The molecule has 1 heterocycles. The number of fused-ring (bicyclic) bond motifs is 3. The highest BCUT2D eigenvalue weighted by atomic mass is 32.1. The molecule has 2 N–H and O–H groups in total. The Bertz CT molecular complexity index is 948. The number of nitrogens with one attached hydrogen (secondary N) is 2. The van der Waals surface area contributed by atoms with Crippen LogP contribution in [0.2, 0.25) is 0 Å². The lowest BCUT2D eigenvalue weighted by Crippen LogP contribution is -2.32. The van der Waals surface area contributed by atoms with E-state index in [0.717, 1.165) is 17.7 Å². The summed E-state index contributed by atoms with van der Waals surface area (Å²) in [6, 6.07) is 17.8. The van der Waals surface area contributed by atoms with Gasteiger partial charge in [0.1, 0.15) is 0 Å². The van der Waals surface area contributed by atoms with E-state index in [-0.39, 0.29) is 18.4 Å². The maximum absolute atomic E-state index is 12.1. The van der Waals surface area contributed by atoms with Gasteiger partial charge in [-0.15, -0.1) is 11.3 Å². The molecule has 4 nitrogen and oxygen atoms in total. The first-order chi connectivity index (χ1) is 12.2. The highest BCUT2D eigenvalue weighted by molar-refractivity contribution is 7.12. The lowest BCUT2D eigenvalue weighted by molar-refractivity contribution is -0.115. The normalized spacial score (nSPS) is 11.5. The average molecular weight is 348 g/mol. The summed E-state index contributed by atoms with van der Waals surface area (Å²) in [5.74, 6) is -0.468. The topological polar surface area (TPSA) is 58.2 Å². The summed E-state index contributed by atoms with van der Waals surface area (Å²) in [6.45, 7) is -0.0512. The average Bonchev–Trinajstić information content (AvgIpc) is 3.27. The van der Waals surface area contributed by atoms with Gasteiger partial charge in [-0.2, -0.15) is 0 Å². The van der Waals surface area contributed by atoms with Crippen molar-refractivity contribution in [3.05, 3.63) is 76.0 Å². The van der Waals surface area contributed by atoms with E-state index >= 15 is 0 Å². The molecular weight excluding hydrogens is 332 g/mol. The molecule has 0 atom stereocenters. The third-order valence-electron chi connectivity index (χ3n) is 4.24. The molecule has 0 radical (unpaired) electrons. The number of amides is 2. The largest absolute Gasteiger partial charge is 0.342 e. The quantitative estimate of drug-likeness (QED) is 0.591. The molecular formula is C20H16N2O2S. The van der Waals surface area contributed by atoms with Gasteiger partial charge in [0.15, 0.2) is 0 Å². The van der Waals surface area contributed by atoms with Crippen LogP contribution in [-0.2, 0) is 11.2 Å². The Labute approximate surface area is 149 Å². The molecule has 1 aliphatic rings. The van der Waals surface area contributed by atoms with Crippen molar-refractivity contribution >= 4 is 28.8 Å². The molecule has 5 heteroatoms. The molecule has 2 amide bonds. The van der Waals surface area contributed by atoms with E-state index in [4.69, 9.17) is 0 Å². The van der Waals surface area contributed by atoms with E-state index in [2.05, 4.69) is 28.8 Å². The Morgan fingerprint density at radius 1 is 0.960 bits per heavy atom. The van der Waals surface area contributed by atoms with Crippen molar-refractivity contribution < 1.29 is 9.59 Å². The third-order valence-corrected chi connectivity index (χ3v) is 5.11. The van der Waals surface area contributed by atoms with Crippen molar-refractivity contribution in [2.24, 2.45) is 0 Å². The fraction of sp³-hybridized carbons (Fsp3) is 0.100. The predicted octanol–water partition coefficient (Wildman–Crippen LogP) is 3.69. The van der Waals surface area contributed by atoms with Crippen molar-refractivity contribution in [2.75, 3.05) is 11.9 Å². The van der Waals surface area contributed by atoms with Crippen LogP contribution in [0.15, 0.2) is 60.0 Å². The second kappa shape index (κ2) is 6.53. The van der Waals surface area contributed by atoms with Gasteiger partial charge in [0.2, 0.25) is 5.91 Å². The molecule has 0 saturated carbocycles. The number of anilines is 1. The molecule has 0 saturated heterocycles. The molecule has 2 aromatic carbocycles. The molecule has 0 aliphatic heterocycles. The molecule has 0 fully saturated rings. The highest BCUT2D eigenvalue weighted by Gasteiger charge is 2.18. The van der Waals surface area contributed by atoms with Crippen LogP contribution in [-0.4, -0.2) is 18.4 Å². The van der Waals surface area contributed by atoms with Gasteiger partial charge >= 0.3 is 0 Å². The third kappa shape index (κ3) is 3.19. The van der Waals surface area contributed by atoms with Crippen LogP contribution < -0.4 is 10.6 Å². The second-order valence-electron chi connectivity index (χ2n) is 5.91. The summed E-state index contributed by atoms with van der Waals surface area (Å²) in [6.07, 6.45) is 0.927. The lowest BCUT2D eigenvalue weighted by atomic mass is 10.1. The molecule has 1 aromatic heterocycles. The summed E-state index contributed by atoms with van der Waals surface area (Å²) in [4.78, 5) is 24.6. The Balaban J connectivity index is 1.42. The van der Waals surface area contributed by atoms with E-state index in [1.165, 1.54) is 28.0 Å². The molecule has 0 spiro atoms. The van der Waals surface area contributed by atoms with Gasteiger partial charge in [-0.25, -0.2) is 0 Å². The number of thiophene rings is 1. The van der Waals surface area contributed by atoms with E-state index in [1.54, 1.807) is 6.07 Å². The summed E-state index contributed by atoms with van der Waals surface area (Å²) in [5.41, 5.74) is 5.70. The smallest absolute Gasteiger partial charge is 0.261 e. The Morgan fingerprint density at radius 3 is 2.64 bits per heavy atom. The fourth-order valence-corrected chi connectivity index (χ4v) is 3.70. The minimum Gasteiger partial charge on any atom is -0.342 e. The molecule has 3 aromatic rings. The van der Waals surface area contributed by atoms with Crippen LogP contribution in [0.5, 0.6) is 0 Å². The Hall–Kier alpha value is -2.92. The van der Waals surface area contributed by atoms with E-state index in [1.807, 2.05) is 35.7 Å². The van der Waals surface area contributed by atoms with Crippen molar-refractivity contribution in [3.8, 4) is 11.1 Å². The van der Waals surface area contributed by atoms with E-state index in [0.29, 0.717) is 4.88 Å². The first-order valence-electron chi connectivity index (χ1n) is 8.03. The molecule has 0 unspecified atom stereocenters. The first kappa shape index (κ1) is 15.6. The Morgan fingerprint density at radius 2 is 1.80 bits per heavy atom. The zero-order chi connectivity index (χ0) is 17.2. The summed E-state index contributed by atoms with van der Waals surface area (Å²) in [7, 11) is 0. The number of rotatable bonds is 4. The van der Waals surface area contributed by atoms with Crippen LogP contribution in [0.4, 0.5) is 5.69 Å². The summed E-state index contributed by atoms with van der Waals surface area (Å²) < 4.78 is 0. The monoisotopic (exact) mass is 348 g/mol. The number of carbonyl (C=O) groups excluding carboxylic acids is 2. The van der Waals surface area contributed by atoms with Crippen LogP contribution in [0.1, 0.15) is 20.8 Å². The van der Waals surface area contributed by atoms with Gasteiger partial charge in [0, 0.05) is 5.69 Å². The van der Waals surface area contributed by atoms with Crippen molar-refractivity contribution in [1.82, 2.24) is 5.32 Å². The van der Waals surface area contributed by atoms with Gasteiger partial charge in [0.25, 0.3) is 5.91 Å². The fourth-order valence-electron chi connectivity index (χ4n) is 3.06. The molecule has 25 heavy (non-hydrogen) atoms. The first-order valence-corrected chi connectivity index (χ1v) is 8.91. The maximum Gasteiger partial charge on any atom is 0.261 e. The van der Waals surface area contributed by atoms with E-state index in [9.17, 15) is 9.59 Å². The van der Waals surface area contributed by atoms with Crippen LogP contribution in [0.3, 0.4) is 0 Å². The van der Waals surface area contributed by atoms with Crippen LogP contribution >= 0.6 is 11.3 Å².